The van der Waals surface area contributed by atoms with Gasteiger partial charge in [0.15, 0.2) is 0 Å². The Bertz CT molecular complexity index is 395. The summed E-state index contributed by atoms with van der Waals surface area (Å²) in [6, 6.07) is 4.55. The lowest BCUT2D eigenvalue weighted by atomic mass is 9.96. The van der Waals surface area contributed by atoms with Gasteiger partial charge in [0.25, 0.3) is 0 Å². The fraction of sp³-hybridized carbons (Fsp3) is 0.667. The average Bonchev–Trinajstić information content (AvgIpc) is 2.42. The lowest BCUT2D eigenvalue weighted by molar-refractivity contribution is 0.160. The van der Waals surface area contributed by atoms with Gasteiger partial charge in [-0.3, -0.25) is 4.90 Å². The van der Waals surface area contributed by atoms with Gasteiger partial charge in [0, 0.05) is 44.0 Å². The van der Waals surface area contributed by atoms with Crippen LogP contribution < -0.4 is 11.1 Å². The van der Waals surface area contributed by atoms with Crippen molar-refractivity contribution < 1.29 is 0 Å². The molecule has 6 heteroatoms. The average molecular weight is 335 g/mol. The topological polar surface area (TPSA) is 54.2 Å². The van der Waals surface area contributed by atoms with Crippen molar-refractivity contribution in [2.75, 3.05) is 31.9 Å². The number of piperazine rings is 1. The van der Waals surface area contributed by atoms with Gasteiger partial charge in [0.2, 0.25) is 0 Å². The van der Waals surface area contributed by atoms with Crippen molar-refractivity contribution in [3.8, 4) is 0 Å². The minimum absolute atomic E-state index is 0. The molecule has 0 saturated carbocycles. The third-order valence-electron chi connectivity index (χ3n) is 3.84. The van der Waals surface area contributed by atoms with E-state index in [-0.39, 0.29) is 24.8 Å². The Morgan fingerprint density at radius 3 is 2.48 bits per heavy atom. The second-order valence-electron chi connectivity index (χ2n) is 5.75. The molecule has 4 nitrogen and oxygen atoms in total. The standard InChI is InChI=1S/C15H26N4.2ClH/c1-12(2)5-6-14(19-10-8-17-9-11-19)13-4-3-7-18-15(13)16;;/h3-4,7,12,14,17H,5-6,8-11H2,1-2H3,(H2,16,18);2*1H/t14-;;/m0../s1. The number of hydrogen-bond acceptors (Lipinski definition) is 4. The Morgan fingerprint density at radius 1 is 1.24 bits per heavy atom. The van der Waals surface area contributed by atoms with Gasteiger partial charge in [-0.2, -0.15) is 0 Å². The maximum absolute atomic E-state index is 6.08. The second-order valence-corrected chi connectivity index (χ2v) is 5.75. The number of nitrogen functional groups attached to an aromatic ring is 1. The predicted octanol–water partition coefficient (Wildman–Crippen LogP) is 2.89. The van der Waals surface area contributed by atoms with E-state index >= 15 is 0 Å². The zero-order chi connectivity index (χ0) is 13.7. The van der Waals surface area contributed by atoms with Crippen LogP contribution in [0.15, 0.2) is 18.3 Å². The summed E-state index contributed by atoms with van der Waals surface area (Å²) < 4.78 is 0. The molecule has 1 saturated heterocycles. The third-order valence-corrected chi connectivity index (χ3v) is 3.84. The van der Waals surface area contributed by atoms with Crippen molar-refractivity contribution >= 4 is 30.6 Å². The van der Waals surface area contributed by atoms with Crippen molar-refractivity contribution in [3.63, 3.8) is 0 Å². The van der Waals surface area contributed by atoms with Crippen LogP contribution in [0.2, 0.25) is 0 Å². The zero-order valence-corrected chi connectivity index (χ0v) is 14.6. The summed E-state index contributed by atoms with van der Waals surface area (Å²) in [4.78, 5) is 6.81. The minimum Gasteiger partial charge on any atom is -0.383 e. The van der Waals surface area contributed by atoms with Crippen LogP contribution in [0.4, 0.5) is 5.82 Å². The van der Waals surface area contributed by atoms with Gasteiger partial charge in [0.05, 0.1) is 0 Å². The summed E-state index contributed by atoms with van der Waals surface area (Å²) in [6.45, 7) is 8.88. The highest BCUT2D eigenvalue weighted by Crippen LogP contribution is 2.30. The van der Waals surface area contributed by atoms with Gasteiger partial charge in [-0.15, -0.1) is 24.8 Å². The molecule has 2 heterocycles. The van der Waals surface area contributed by atoms with Crippen LogP contribution in [-0.4, -0.2) is 36.1 Å². The zero-order valence-electron chi connectivity index (χ0n) is 12.9. The van der Waals surface area contributed by atoms with E-state index in [2.05, 4.69) is 35.1 Å². The fourth-order valence-electron chi connectivity index (χ4n) is 2.73. The first kappa shape index (κ1) is 20.5. The van der Waals surface area contributed by atoms with Crippen molar-refractivity contribution in [1.82, 2.24) is 15.2 Å². The molecule has 1 aliphatic heterocycles. The predicted molar refractivity (Wildman–Crippen MR) is 94.4 cm³/mol. The van der Waals surface area contributed by atoms with Crippen molar-refractivity contribution in [3.05, 3.63) is 23.9 Å². The molecule has 1 fully saturated rings. The maximum atomic E-state index is 6.08. The van der Waals surface area contributed by atoms with Gasteiger partial charge in [-0.25, -0.2) is 4.98 Å². The number of rotatable bonds is 5. The minimum atomic E-state index is 0. The van der Waals surface area contributed by atoms with Crippen LogP contribution in [-0.2, 0) is 0 Å². The number of aromatic nitrogens is 1. The van der Waals surface area contributed by atoms with E-state index in [0.717, 1.165) is 38.5 Å². The summed E-state index contributed by atoms with van der Waals surface area (Å²) >= 11 is 0. The molecule has 1 aliphatic rings. The van der Waals surface area contributed by atoms with Crippen LogP contribution in [0, 0.1) is 5.92 Å². The molecule has 1 atom stereocenters. The van der Waals surface area contributed by atoms with E-state index in [1.54, 1.807) is 6.20 Å². The van der Waals surface area contributed by atoms with Crippen LogP contribution in [0.3, 0.4) is 0 Å². The number of halogens is 2. The lowest BCUT2D eigenvalue weighted by Gasteiger charge is -2.36. The van der Waals surface area contributed by atoms with Crippen molar-refractivity contribution in [2.24, 2.45) is 5.92 Å². The van der Waals surface area contributed by atoms with Crippen LogP contribution >= 0.6 is 24.8 Å². The Labute approximate surface area is 140 Å². The van der Waals surface area contributed by atoms with E-state index in [1.807, 2.05) is 6.07 Å². The lowest BCUT2D eigenvalue weighted by Crippen LogP contribution is -2.45. The van der Waals surface area contributed by atoms with Gasteiger partial charge >= 0.3 is 0 Å². The second kappa shape index (κ2) is 10.2. The van der Waals surface area contributed by atoms with Crippen LogP contribution in [0.25, 0.3) is 0 Å². The molecule has 0 aliphatic carbocycles. The summed E-state index contributed by atoms with van der Waals surface area (Å²) in [5, 5.41) is 3.41. The van der Waals surface area contributed by atoms with E-state index in [1.165, 1.54) is 12.0 Å². The molecule has 0 unspecified atom stereocenters. The first-order valence-electron chi connectivity index (χ1n) is 7.33. The van der Waals surface area contributed by atoms with E-state index in [4.69, 9.17) is 5.73 Å². The highest BCUT2D eigenvalue weighted by Gasteiger charge is 2.24. The van der Waals surface area contributed by atoms with Crippen molar-refractivity contribution in [1.29, 1.82) is 0 Å². The van der Waals surface area contributed by atoms with Gasteiger partial charge in [0.1, 0.15) is 5.82 Å². The largest absolute Gasteiger partial charge is 0.383 e. The Hall–Kier alpha value is -0.550. The highest BCUT2D eigenvalue weighted by molar-refractivity contribution is 5.85. The quantitative estimate of drug-likeness (QED) is 0.869. The van der Waals surface area contributed by atoms with E-state index in [9.17, 15) is 0 Å². The molecule has 1 aromatic rings. The number of nitrogens with two attached hydrogens (primary N) is 1. The summed E-state index contributed by atoms with van der Waals surface area (Å²) in [5.74, 6) is 1.41. The Balaban J connectivity index is 0.00000200. The maximum Gasteiger partial charge on any atom is 0.128 e. The fourth-order valence-corrected chi connectivity index (χ4v) is 2.73. The molecule has 1 aromatic heterocycles. The van der Waals surface area contributed by atoms with Gasteiger partial charge < -0.3 is 11.1 Å². The SMILES string of the molecule is CC(C)CC[C@@H](c1cccnc1N)N1CCNCC1.Cl.Cl. The van der Waals surface area contributed by atoms with Gasteiger partial charge in [-0.1, -0.05) is 19.9 Å². The molecule has 122 valence electrons. The van der Waals surface area contributed by atoms with E-state index < -0.39 is 0 Å². The molecule has 0 bridgehead atoms. The molecular formula is C15H28Cl2N4. The number of anilines is 1. The smallest absolute Gasteiger partial charge is 0.128 e. The molecular weight excluding hydrogens is 307 g/mol. The molecule has 0 spiro atoms. The first-order chi connectivity index (χ1) is 9.18. The molecule has 2 rings (SSSR count). The molecule has 21 heavy (non-hydrogen) atoms. The summed E-state index contributed by atoms with van der Waals surface area (Å²) in [7, 11) is 0. The summed E-state index contributed by atoms with van der Waals surface area (Å²) in [6.07, 6.45) is 4.16. The number of pyridine rings is 1. The summed E-state index contributed by atoms with van der Waals surface area (Å²) in [5.41, 5.74) is 7.28. The highest BCUT2D eigenvalue weighted by atomic mass is 35.5. The monoisotopic (exact) mass is 334 g/mol. The molecule has 0 radical (unpaired) electrons. The Morgan fingerprint density at radius 2 is 1.90 bits per heavy atom. The number of hydrogen-bond donors (Lipinski definition) is 2. The number of nitrogens with one attached hydrogen (secondary N) is 1. The Kier molecular flexibility index (Phi) is 9.95. The van der Waals surface area contributed by atoms with Crippen molar-refractivity contribution in [2.45, 2.75) is 32.7 Å². The van der Waals surface area contributed by atoms with E-state index in [0.29, 0.717) is 11.9 Å². The first-order valence-corrected chi connectivity index (χ1v) is 7.33. The third kappa shape index (κ3) is 5.99. The molecule has 3 N–H and O–H groups in total. The number of nitrogens with zero attached hydrogens (tertiary/aromatic N) is 2. The normalized spacial score (nSPS) is 16.9. The molecule has 0 amide bonds. The van der Waals surface area contributed by atoms with Gasteiger partial charge in [-0.05, 0) is 24.8 Å². The van der Waals surface area contributed by atoms with Crippen LogP contribution in [0.1, 0.15) is 38.3 Å². The van der Waals surface area contributed by atoms with Crippen LogP contribution in [0.5, 0.6) is 0 Å². The molecule has 0 aromatic carbocycles.